The van der Waals surface area contributed by atoms with E-state index < -0.39 is 10.0 Å². The molecule has 0 saturated carbocycles. The minimum absolute atomic E-state index is 0.162. The van der Waals surface area contributed by atoms with E-state index >= 15 is 0 Å². The van der Waals surface area contributed by atoms with Crippen LogP contribution in [0.3, 0.4) is 0 Å². The number of sulfonamides is 1. The number of halogens is 2. The molecule has 9 heteroatoms. The van der Waals surface area contributed by atoms with Crippen LogP contribution in [0.1, 0.15) is 24.5 Å². The van der Waals surface area contributed by atoms with E-state index in [9.17, 15) is 8.42 Å². The van der Waals surface area contributed by atoms with Crippen LogP contribution in [0.2, 0.25) is 10.0 Å². The Labute approximate surface area is 192 Å². The van der Waals surface area contributed by atoms with Gasteiger partial charge in [-0.1, -0.05) is 41.4 Å². The first-order valence-corrected chi connectivity index (χ1v) is 12.5. The second-order valence-corrected chi connectivity index (χ2v) is 10.4. The van der Waals surface area contributed by atoms with Gasteiger partial charge in [-0.2, -0.15) is 5.10 Å². The number of nitrogens with zero attached hydrogens (tertiary/aromatic N) is 3. The normalized spacial score (nSPS) is 15.9. The van der Waals surface area contributed by atoms with Crippen LogP contribution in [0.4, 0.5) is 0 Å². The van der Waals surface area contributed by atoms with Crippen molar-refractivity contribution in [1.29, 1.82) is 0 Å². The van der Waals surface area contributed by atoms with Gasteiger partial charge in [0.1, 0.15) is 5.69 Å². The van der Waals surface area contributed by atoms with Crippen LogP contribution in [0.25, 0.3) is 16.9 Å². The highest BCUT2D eigenvalue weighted by Crippen LogP contribution is 2.37. The van der Waals surface area contributed by atoms with Crippen LogP contribution in [0.15, 0.2) is 48.5 Å². The van der Waals surface area contributed by atoms with E-state index in [0.717, 1.165) is 35.5 Å². The lowest BCUT2D eigenvalue weighted by molar-refractivity contribution is 0.318. The van der Waals surface area contributed by atoms with Gasteiger partial charge in [-0.3, -0.25) is 0 Å². The number of ether oxygens (including phenoxy) is 1. The van der Waals surface area contributed by atoms with E-state index in [1.165, 1.54) is 10.6 Å². The van der Waals surface area contributed by atoms with Crippen molar-refractivity contribution in [2.24, 2.45) is 0 Å². The van der Waals surface area contributed by atoms with Crippen molar-refractivity contribution < 1.29 is 13.2 Å². The minimum atomic E-state index is -3.17. The van der Waals surface area contributed by atoms with Gasteiger partial charge in [0.05, 0.1) is 29.8 Å². The molecule has 0 unspecified atom stereocenters. The quantitative estimate of drug-likeness (QED) is 0.516. The van der Waals surface area contributed by atoms with Crippen LogP contribution < -0.4 is 4.74 Å². The van der Waals surface area contributed by atoms with Gasteiger partial charge >= 0.3 is 0 Å². The lowest BCUT2D eigenvalue weighted by Crippen LogP contribution is -2.37. The third-order valence-corrected chi connectivity index (χ3v) is 7.44. The Morgan fingerprint density at radius 1 is 1.06 bits per heavy atom. The minimum Gasteiger partial charge on any atom is -0.493 e. The smallest absolute Gasteiger partial charge is 0.211 e. The van der Waals surface area contributed by atoms with Gasteiger partial charge in [0, 0.05) is 29.6 Å². The van der Waals surface area contributed by atoms with Crippen molar-refractivity contribution in [2.75, 3.05) is 26.5 Å². The van der Waals surface area contributed by atoms with Crippen LogP contribution >= 0.6 is 23.2 Å². The summed E-state index contributed by atoms with van der Waals surface area (Å²) in [6, 6.07) is 15.2. The van der Waals surface area contributed by atoms with Gasteiger partial charge < -0.3 is 4.74 Å². The van der Waals surface area contributed by atoms with Gasteiger partial charge in [0.15, 0.2) is 5.75 Å². The molecule has 0 amide bonds. The second-order valence-electron chi connectivity index (χ2n) is 7.60. The molecule has 0 bridgehead atoms. The molecule has 6 nitrogen and oxygen atoms in total. The van der Waals surface area contributed by atoms with Crippen molar-refractivity contribution in [1.82, 2.24) is 14.1 Å². The highest BCUT2D eigenvalue weighted by molar-refractivity contribution is 7.88. The average molecular weight is 480 g/mol. The molecule has 1 saturated heterocycles. The number of benzene rings is 2. The molecule has 3 aromatic rings. The van der Waals surface area contributed by atoms with E-state index in [4.69, 9.17) is 33.0 Å². The van der Waals surface area contributed by atoms with E-state index in [1.54, 1.807) is 13.2 Å². The molecule has 0 radical (unpaired) electrons. The summed E-state index contributed by atoms with van der Waals surface area (Å²) in [5.74, 6) is 0.705. The second kappa shape index (κ2) is 8.82. The van der Waals surface area contributed by atoms with Crippen molar-refractivity contribution >= 4 is 33.2 Å². The predicted octanol–water partition coefficient (Wildman–Crippen LogP) is 4.99. The Hall–Kier alpha value is -2.06. The van der Waals surface area contributed by atoms with Gasteiger partial charge in [0.25, 0.3) is 0 Å². The van der Waals surface area contributed by atoms with E-state index in [0.29, 0.717) is 28.9 Å². The molecule has 2 heterocycles. The van der Waals surface area contributed by atoms with Gasteiger partial charge in [0.2, 0.25) is 10.0 Å². The zero-order chi connectivity index (χ0) is 22.2. The Morgan fingerprint density at radius 3 is 2.35 bits per heavy atom. The standard InChI is InChI=1S/C22H23Cl2N3O3S/c1-30-22-18(24)4-3-5-20(22)27-21(16-6-8-17(23)9-7-16)14-19(25-27)15-10-12-26(13-11-15)31(2,28)29/h3-9,14-15H,10-13H2,1-2H3. The highest BCUT2D eigenvalue weighted by atomic mass is 35.5. The Morgan fingerprint density at radius 2 is 1.74 bits per heavy atom. The number of hydrogen-bond donors (Lipinski definition) is 0. The van der Waals surface area contributed by atoms with Gasteiger partial charge in [-0.25, -0.2) is 17.4 Å². The van der Waals surface area contributed by atoms with E-state index in [2.05, 4.69) is 6.07 Å². The first kappa shape index (κ1) is 22.1. The first-order chi connectivity index (χ1) is 14.8. The molecule has 0 N–H and O–H groups in total. The fourth-order valence-corrected chi connectivity index (χ4v) is 5.21. The summed E-state index contributed by atoms with van der Waals surface area (Å²) < 4.78 is 32.6. The highest BCUT2D eigenvalue weighted by Gasteiger charge is 2.28. The third kappa shape index (κ3) is 4.60. The molecular weight excluding hydrogens is 457 g/mol. The van der Waals surface area contributed by atoms with E-state index in [1.807, 2.05) is 41.1 Å². The molecule has 164 valence electrons. The van der Waals surface area contributed by atoms with E-state index in [-0.39, 0.29) is 5.92 Å². The predicted molar refractivity (Wildman–Crippen MR) is 124 cm³/mol. The largest absolute Gasteiger partial charge is 0.493 e. The Kier molecular flexibility index (Phi) is 6.30. The summed E-state index contributed by atoms with van der Waals surface area (Å²) in [6.45, 7) is 0.986. The zero-order valence-electron chi connectivity index (χ0n) is 17.3. The third-order valence-electron chi connectivity index (χ3n) is 5.59. The number of aromatic nitrogens is 2. The summed E-state index contributed by atoms with van der Waals surface area (Å²) in [5.41, 5.74) is 3.50. The average Bonchev–Trinajstić information content (AvgIpc) is 3.19. The number of methoxy groups -OCH3 is 1. The molecular formula is C22H23Cl2N3O3S. The Balaban J connectivity index is 1.77. The number of rotatable bonds is 5. The van der Waals surface area contributed by atoms with Crippen LogP contribution in [0.5, 0.6) is 5.75 Å². The van der Waals surface area contributed by atoms with Crippen molar-refractivity contribution in [3.63, 3.8) is 0 Å². The lowest BCUT2D eigenvalue weighted by atomic mass is 9.94. The van der Waals surface area contributed by atoms with Crippen molar-refractivity contribution in [3.05, 3.63) is 64.3 Å². The monoisotopic (exact) mass is 479 g/mol. The topological polar surface area (TPSA) is 64.4 Å². The fourth-order valence-electron chi connectivity index (χ4n) is 3.96. The molecule has 1 aromatic heterocycles. The first-order valence-electron chi connectivity index (χ1n) is 9.92. The number of hydrogen-bond acceptors (Lipinski definition) is 4. The van der Waals surface area contributed by atoms with Crippen molar-refractivity contribution in [2.45, 2.75) is 18.8 Å². The molecule has 4 rings (SSSR count). The summed E-state index contributed by atoms with van der Waals surface area (Å²) in [5, 5.41) is 6.07. The summed E-state index contributed by atoms with van der Waals surface area (Å²) >= 11 is 12.5. The van der Waals surface area contributed by atoms with Crippen molar-refractivity contribution in [3.8, 4) is 22.7 Å². The zero-order valence-corrected chi connectivity index (χ0v) is 19.6. The van der Waals surface area contributed by atoms with Crippen LogP contribution in [0, 0.1) is 0 Å². The summed E-state index contributed by atoms with van der Waals surface area (Å²) in [4.78, 5) is 0. The van der Waals surface area contributed by atoms with Crippen LogP contribution in [-0.4, -0.2) is 49.0 Å². The van der Waals surface area contributed by atoms with Crippen LogP contribution in [-0.2, 0) is 10.0 Å². The molecule has 0 spiro atoms. The Bertz CT molecular complexity index is 1190. The molecule has 1 aliphatic rings. The summed E-state index contributed by atoms with van der Waals surface area (Å²) in [6.07, 6.45) is 2.69. The molecule has 1 fully saturated rings. The van der Waals surface area contributed by atoms with Gasteiger partial charge in [-0.15, -0.1) is 0 Å². The molecule has 2 aromatic carbocycles. The number of piperidine rings is 1. The molecule has 0 atom stereocenters. The molecule has 1 aliphatic heterocycles. The molecule has 31 heavy (non-hydrogen) atoms. The maximum Gasteiger partial charge on any atom is 0.211 e. The number of para-hydroxylation sites is 1. The molecule has 0 aliphatic carbocycles. The lowest BCUT2D eigenvalue weighted by Gasteiger charge is -2.29. The fraction of sp³-hybridized carbons (Fsp3) is 0.318. The summed E-state index contributed by atoms with van der Waals surface area (Å²) in [7, 11) is -1.59. The SMILES string of the molecule is COc1c(Cl)cccc1-n1nc(C2CCN(S(C)(=O)=O)CC2)cc1-c1ccc(Cl)cc1. The maximum absolute atomic E-state index is 11.9. The maximum atomic E-state index is 11.9. The van der Waals surface area contributed by atoms with Gasteiger partial charge in [-0.05, 0) is 43.2 Å².